The van der Waals surface area contributed by atoms with Gasteiger partial charge in [0.2, 0.25) is 5.91 Å². The van der Waals surface area contributed by atoms with Gasteiger partial charge in [-0.1, -0.05) is 72.8 Å². The number of allylic oxidation sites excluding steroid dienone is 1. The number of hydrogen-bond donors (Lipinski definition) is 1. The van der Waals surface area contributed by atoms with Gasteiger partial charge < -0.3 is 15.0 Å². The lowest BCUT2D eigenvalue weighted by Crippen LogP contribution is -2.51. The van der Waals surface area contributed by atoms with E-state index in [1.807, 2.05) is 78.6 Å². The van der Waals surface area contributed by atoms with Crippen molar-refractivity contribution in [1.82, 2.24) is 0 Å². The van der Waals surface area contributed by atoms with Crippen LogP contribution in [0, 0.1) is 5.92 Å². The number of methoxy groups -OCH3 is 1. The average Bonchev–Trinajstić information content (AvgIpc) is 3.49. The van der Waals surface area contributed by atoms with Gasteiger partial charge in [0.05, 0.1) is 19.1 Å². The van der Waals surface area contributed by atoms with E-state index in [4.69, 9.17) is 4.74 Å². The fourth-order valence-electron chi connectivity index (χ4n) is 7.10. The van der Waals surface area contributed by atoms with E-state index in [2.05, 4.69) is 11.4 Å². The normalized spacial score (nSPS) is 23.8. The molecular formula is C35H28N2O4. The van der Waals surface area contributed by atoms with Crippen LogP contribution in [0.15, 0.2) is 109 Å². The van der Waals surface area contributed by atoms with Gasteiger partial charge in [0.1, 0.15) is 17.2 Å². The summed E-state index contributed by atoms with van der Waals surface area (Å²) >= 11 is 0. The summed E-state index contributed by atoms with van der Waals surface area (Å²) in [7, 11) is 1.57. The van der Waals surface area contributed by atoms with Crippen LogP contribution in [0.2, 0.25) is 0 Å². The number of ketones is 2. The van der Waals surface area contributed by atoms with Crippen LogP contribution >= 0.6 is 0 Å². The summed E-state index contributed by atoms with van der Waals surface area (Å²) in [5, 5.41) is 3.08. The van der Waals surface area contributed by atoms with Gasteiger partial charge in [0.15, 0.2) is 11.6 Å². The predicted octanol–water partition coefficient (Wildman–Crippen LogP) is 5.94. The first-order chi connectivity index (χ1) is 20.0. The van der Waals surface area contributed by atoms with E-state index in [1.54, 1.807) is 43.5 Å². The lowest BCUT2D eigenvalue weighted by atomic mass is 9.64. The molecule has 202 valence electrons. The van der Waals surface area contributed by atoms with Crippen LogP contribution in [0.3, 0.4) is 0 Å². The average molecular weight is 541 g/mol. The topological polar surface area (TPSA) is 75.7 Å². The third kappa shape index (κ3) is 3.46. The van der Waals surface area contributed by atoms with Gasteiger partial charge in [0, 0.05) is 28.1 Å². The summed E-state index contributed by atoms with van der Waals surface area (Å²) in [4.78, 5) is 45.9. The van der Waals surface area contributed by atoms with Crippen LogP contribution in [-0.4, -0.2) is 36.7 Å². The Morgan fingerprint density at radius 2 is 1.46 bits per heavy atom. The summed E-state index contributed by atoms with van der Waals surface area (Å²) < 4.78 is 5.33. The molecule has 1 spiro atoms. The van der Waals surface area contributed by atoms with E-state index in [1.165, 1.54) is 0 Å². The number of benzene rings is 4. The second-order valence-electron chi connectivity index (χ2n) is 10.8. The number of para-hydroxylation sites is 2. The number of Topliss-reactive ketones (excluding diaryl/α,β-unsaturated/α-hetero) is 2. The number of carbonyl (C=O) groups is 3. The van der Waals surface area contributed by atoms with Crippen LogP contribution in [0.25, 0.3) is 5.57 Å². The summed E-state index contributed by atoms with van der Waals surface area (Å²) in [5.74, 6) is -1.11. The number of nitrogens with one attached hydrogen (secondary N) is 1. The van der Waals surface area contributed by atoms with Gasteiger partial charge in [-0.15, -0.1) is 0 Å². The minimum Gasteiger partial charge on any atom is -0.497 e. The smallest absolute Gasteiger partial charge is 0.238 e. The Labute approximate surface area is 238 Å². The lowest BCUT2D eigenvalue weighted by molar-refractivity contribution is -0.121. The predicted molar refractivity (Wildman–Crippen MR) is 158 cm³/mol. The maximum Gasteiger partial charge on any atom is 0.238 e. The van der Waals surface area contributed by atoms with Crippen LogP contribution in [-0.2, 0) is 10.2 Å². The lowest BCUT2D eigenvalue weighted by Gasteiger charge is -2.39. The van der Waals surface area contributed by atoms with Crippen LogP contribution in [0.1, 0.15) is 38.8 Å². The molecule has 0 saturated carbocycles. The molecule has 41 heavy (non-hydrogen) atoms. The molecule has 7 rings (SSSR count). The third-order valence-corrected chi connectivity index (χ3v) is 8.87. The van der Waals surface area contributed by atoms with Crippen molar-refractivity contribution in [3.63, 3.8) is 0 Å². The highest BCUT2D eigenvalue weighted by atomic mass is 16.5. The minimum absolute atomic E-state index is 0.195. The monoisotopic (exact) mass is 540 g/mol. The summed E-state index contributed by atoms with van der Waals surface area (Å²) in [6.07, 6.45) is 2.07. The minimum atomic E-state index is -1.34. The molecule has 0 bridgehead atoms. The summed E-state index contributed by atoms with van der Waals surface area (Å²) in [5.41, 5.74) is 3.81. The first kappa shape index (κ1) is 25.0. The van der Waals surface area contributed by atoms with Gasteiger partial charge in [-0.3, -0.25) is 14.4 Å². The molecule has 0 radical (unpaired) electrons. The van der Waals surface area contributed by atoms with E-state index in [9.17, 15) is 14.4 Å². The highest BCUT2D eigenvalue weighted by Gasteiger charge is 2.70. The molecule has 3 aliphatic rings. The second-order valence-corrected chi connectivity index (χ2v) is 10.8. The summed E-state index contributed by atoms with van der Waals surface area (Å²) in [6, 6.07) is 29.9. The Kier molecular flexibility index (Phi) is 5.68. The number of carbonyl (C=O) groups excluding carboxylic acids is 3. The Bertz CT molecular complexity index is 1740. The molecule has 1 amide bonds. The first-order valence-electron chi connectivity index (χ1n) is 13.7. The van der Waals surface area contributed by atoms with Crippen LogP contribution < -0.4 is 15.0 Å². The number of ether oxygens (including phenoxy) is 1. The van der Waals surface area contributed by atoms with E-state index in [-0.39, 0.29) is 17.5 Å². The molecule has 1 fully saturated rings. The second kappa shape index (κ2) is 9.30. The SMILES string of the molecule is COc1ccc(C(=O)[C@@H]2[C@H](C(=O)c3ccccc3)N3c4ccccc4C(C)=C[C@@H]3[C@@]23C(=O)Nc2ccccc23)cc1. The molecule has 4 aromatic rings. The van der Waals surface area contributed by atoms with Crippen LogP contribution in [0.4, 0.5) is 11.4 Å². The van der Waals surface area contributed by atoms with E-state index < -0.39 is 23.4 Å². The molecule has 4 aromatic carbocycles. The number of nitrogens with zero attached hydrogens (tertiary/aromatic N) is 1. The van der Waals surface area contributed by atoms with Crippen molar-refractivity contribution in [2.24, 2.45) is 5.92 Å². The maximum absolute atomic E-state index is 14.8. The largest absolute Gasteiger partial charge is 0.497 e. The fourth-order valence-corrected chi connectivity index (χ4v) is 7.10. The van der Waals surface area contributed by atoms with Crippen molar-refractivity contribution in [2.45, 2.75) is 24.4 Å². The van der Waals surface area contributed by atoms with Gasteiger partial charge in [-0.2, -0.15) is 0 Å². The molecule has 6 nitrogen and oxygen atoms in total. The zero-order chi connectivity index (χ0) is 28.3. The van der Waals surface area contributed by atoms with Gasteiger partial charge >= 0.3 is 0 Å². The number of rotatable bonds is 5. The standard InChI is InChI=1S/C35H28N2O4/c1-21-20-29-35(26-13-7-8-14-27(26)36-34(35)40)30(32(38)23-16-18-24(41-2)19-17-23)31(33(39)22-10-4-3-5-11-22)37(29)28-15-9-6-12-25(21)28/h3-20,29-31H,1-2H3,(H,36,40)/t29-,30+,31-,35-/m1/s1. The highest BCUT2D eigenvalue weighted by Crippen LogP contribution is 2.58. The Morgan fingerprint density at radius 3 is 2.22 bits per heavy atom. The van der Waals surface area contributed by atoms with Crippen molar-refractivity contribution in [3.05, 3.63) is 131 Å². The first-order valence-corrected chi connectivity index (χ1v) is 13.7. The molecule has 1 saturated heterocycles. The number of hydrogen-bond acceptors (Lipinski definition) is 5. The fraction of sp³-hybridized carbons (Fsp3) is 0.171. The van der Waals surface area contributed by atoms with Crippen molar-refractivity contribution >= 4 is 34.4 Å². The van der Waals surface area contributed by atoms with Crippen molar-refractivity contribution in [3.8, 4) is 5.75 Å². The molecule has 0 unspecified atom stereocenters. The van der Waals surface area contributed by atoms with Crippen molar-refractivity contribution < 1.29 is 19.1 Å². The van der Waals surface area contributed by atoms with Crippen molar-refractivity contribution in [2.75, 3.05) is 17.3 Å². The maximum atomic E-state index is 14.8. The Balaban J connectivity index is 1.54. The van der Waals surface area contributed by atoms with Crippen LogP contribution in [0.5, 0.6) is 5.75 Å². The molecule has 0 aromatic heterocycles. The quantitative estimate of drug-likeness (QED) is 0.317. The number of amides is 1. The van der Waals surface area contributed by atoms with Gasteiger partial charge in [-0.05, 0) is 54.5 Å². The zero-order valence-corrected chi connectivity index (χ0v) is 22.7. The van der Waals surface area contributed by atoms with E-state index in [0.717, 1.165) is 22.4 Å². The number of fused-ring (bicyclic) bond motifs is 6. The Hall–Kier alpha value is -4.97. The van der Waals surface area contributed by atoms with Gasteiger partial charge in [0.25, 0.3) is 0 Å². The molecule has 0 aliphatic carbocycles. The molecule has 3 heterocycles. The highest BCUT2D eigenvalue weighted by molar-refractivity contribution is 6.18. The van der Waals surface area contributed by atoms with E-state index >= 15 is 0 Å². The molecule has 3 aliphatic heterocycles. The third-order valence-electron chi connectivity index (χ3n) is 8.87. The van der Waals surface area contributed by atoms with E-state index in [0.29, 0.717) is 22.6 Å². The molecule has 6 heteroatoms. The molecule has 1 N–H and O–H groups in total. The Morgan fingerprint density at radius 1 is 0.805 bits per heavy atom. The van der Waals surface area contributed by atoms with Gasteiger partial charge in [-0.25, -0.2) is 0 Å². The van der Waals surface area contributed by atoms with Crippen molar-refractivity contribution in [1.29, 1.82) is 0 Å². The zero-order valence-electron chi connectivity index (χ0n) is 22.7. The summed E-state index contributed by atoms with van der Waals surface area (Å²) in [6.45, 7) is 2.02. The number of anilines is 2. The molecule has 4 atom stereocenters. The molecular weight excluding hydrogens is 512 g/mol.